The predicted molar refractivity (Wildman–Crippen MR) is 68.6 cm³/mol. The average Bonchev–Trinajstić information content (AvgIpc) is 2.83. The fraction of sp³-hybridized carbons (Fsp3) is 0.667. The summed E-state index contributed by atoms with van der Waals surface area (Å²) >= 11 is 1.46. The molecule has 1 amide bonds. The monoisotopic (exact) mass is 270 g/mol. The van der Waals surface area contributed by atoms with E-state index in [1.54, 1.807) is 13.1 Å². The summed E-state index contributed by atoms with van der Waals surface area (Å²) in [7, 11) is 0. The van der Waals surface area contributed by atoms with Crippen LogP contribution < -0.4 is 5.32 Å². The minimum atomic E-state index is -0.967. The number of thiazole rings is 1. The van der Waals surface area contributed by atoms with Crippen LogP contribution in [0, 0.1) is 5.92 Å². The minimum Gasteiger partial charge on any atom is -0.465 e. The zero-order valence-electron chi connectivity index (χ0n) is 10.3. The number of aliphatic hydroxyl groups is 1. The highest BCUT2D eigenvalue weighted by molar-refractivity contribution is 7.09. The van der Waals surface area contributed by atoms with Gasteiger partial charge < -0.3 is 15.5 Å². The Hall–Kier alpha value is -1.14. The molecule has 3 N–H and O–H groups in total. The van der Waals surface area contributed by atoms with E-state index in [-0.39, 0.29) is 12.0 Å². The zero-order valence-corrected chi connectivity index (χ0v) is 11.1. The van der Waals surface area contributed by atoms with Crippen LogP contribution in [0.4, 0.5) is 4.79 Å². The van der Waals surface area contributed by atoms with Gasteiger partial charge in [0.2, 0.25) is 0 Å². The molecule has 0 spiro atoms. The Balaban J connectivity index is 1.95. The number of hydrogen-bond acceptors (Lipinski definition) is 4. The number of carbonyl (C=O) groups is 1. The minimum absolute atomic E-state index is 0.0193. The van der Waals surface area contributed by atoms with E-state index in [1.807, 2.05) is 5.38 Å². The van der Waals surface area contributed by atoms with Crippen LogP contribution in [0.3, 0.4) is 0 Å². The average molecular weight is 270 g/mol. The van der Waals surface area contributed by atoms with E-state index in [4.69, 9.17) is 5.11 Å². The molecule has 0 aromatic carbocycles. The van der Waals surface area contributed by atoms with E-state index < -0.39 is 11.7 Å². The molecule has 1 fully saturated rings. The molecule has 1 aromatic heterocycles. The second-order valence-electron chi connectivity index (χ2n) is 4.98. The smallest absolute Gasteiger partial charge is 0.404 e. The number of nitrogens with zero attached hydrogens (tertiary/aromatic N) is 1. The lowest BCUT2D eigenvalue weighted by Crippen LogP contribution is -2.41. The quantitative estimate of drug-likeness (QED) is 0.786. The van der Waals surface area contributed by atoms with Gasteiger partial charge in [-0.05, 0) is 38.5 Å². The fourth-order valence-corrected chi connectivity index (χ4v) is 3.40. The highest BCUT2D eigenvalue weighted by Gasteiger charge is 2.38. The maximum Gasteiger partial charge on any atom is 0.404 e. The van der Waals surface area contributed by atoms with Crippen LogP contribution in [-0.2, 0) is 5.60 Å². The van der Waals surface area contributed by atoms with Gasteiger partial charge >= 0.3 is 6.09 Å². The predicted octanol–water partition coefficient (Wildman–Crippen LogP) is 2.18. The Labute approximate surface area is 110 Å². The summed E-state index contributed by atoms with van der Waals surface area (Å²) in [5.41, 5.74) is -0.900. The Morgan fingerprint density at radius 3 is 2.67 bits per heavy atom. The molecule has 1 heterocycles. The van der Waals surface area contributed by atoms with E-state index in [0.29, 0.717) is 0 Å². The van der Waals surface area contributed by atoms with Crippen LogP contribution in [0.5, 0.6) is 0 Å². The highest BCUT2D eigenvalue weighted by atomic mass is 32.1. The first-order valence-corrected chi connectivity index (χ1v) is 7.00. The summed E-state index contributed by atoms with van der Waals surface area (Å²) in [6.07, 6.45) is 3.92. The van der Waals surface area contributed by atoms with Crippen LogP contribution in [0.1, 0.15) is 37.6 Å². The van der Waals surface area contributed by atoms with Crippen LogP contribution in [0.2, 0.25) is 0 Å². The van der Waals surface area contributed by atoms with E-state index >= 15 is 0 Å². The van der Waals surface area contributed by atoms with Crippen molar-refractivity contribution in [3.05, 3.63) is 16.6 Å². The summed E-state index contributed by atoms with van der Waals surface area (Å²) in [4.78, 5) is 14.8. The third kappa shape index (κ3) is 2.81. The second-order valence-corrected chi connectivity index (χ2v) is 5.88. The lowest BCUT2D eigenvalue weighted by atomic mass is 9.76. The number of carboxylic acid groups (broad SMARTS) is 1. The van der Waals surface area contributed by atoms with Crippen molar-refractivity contribution in [2.75, 3.05) is 0 Å². The Kier molecular flexibility index (Phi) is 3.87. The standard InChI is InChI=1S/C12H18N2O3S/c1-12(17,10-13-6-7-18-10)8-2-4-9(5-3-8)14-11(15)16/h6-9,14,17H,2-5H2,1H3,(H,15,16). The number of rotatable bonds is 3. The molecule has 6 heteroatoms. The Bertz CT molecular complexity index is 397. The first kappa shape index (κ1) is 13.3. The number of amides is 1. The van der Waals surface area contributed by atoms with Crippen molar-refractivity contribution in [2.24, 2.45) is 5.92 Å². The van der Waals surface area contributed by atoms with Crippen LogP contribution >= 0.6 is 11.3 Å². The molecule has 1 atom stereocenters. The molecule has 0 bridgehead atoms. The van der Waals surface area contributed by atoms with Gasteiger partial charge in [0.15, 0.2) is 0 Å². The van der Waals surface area contributed by atoms with Gasteiger partial charge in [-0.2, -0.15) is 0 Å². The number of aromatic nitrogens is 1. The van der Waals surface area contributed by atoms with Gasteiger partial charge in [-0.25, -0.2) is 9.78 Å². The number of nitrogens with one attached hydrogen (secondary N) is 1. The molecule has 1 saturated carbocycles. The molecule has 2 rings (SSSR count). The maximum atomic E-state index is 10.6. The molecule has 100 valence electrons. The topological polar surface area (TPSA) is 82.5 Å². The normalized spacial score (nSPS) is 27.4. The molecule has 1 aliphatic rings. The van der Waals surface area contributed by atoms with Crippen molar-refractivity contribution < 1.29 is 15.0 Å². The number of hydrogen-bond donors (Lipinski definition) is 3. The fourth-order valence-electron chi connectivity index (χ4n) is 2.62. The molecule has 1 aliphatic carbocycles. The van der Waals surface area contributed by atoms with Crippen molar-refractivity contribution in [1.29, 1.82) is 0 Å². The molecular weight excluding hydrogens is 252 g/mol. The molecule has 18 heavy (non-hydrogen) atoms. The van der Waals surface area contributed by atoms with E-state index in [9.17, 15) is 9.90 Å². The van der Waals surface area contributed by atoms with E-state index in [1.165, 1.54) is 11.3 Å². The second kappa shape index (κ2) is 5.24. The Morgan fingerprint density at radius 2 is 2.17 bits per heavy atom. The van der Waals surface area contributed by atoms with E-state index in [0.717, 1.165) is 30.7 Å². The van der Waals surface area contributed by atoms with Crippen molar-refractivity contribution in [1.82, 2.24) is 10.3 Å². The summed E-state index contributed by atoms with van der Waals surface area (Å²) < 4.78 is 0. The molecule has 1 aromatic rings. The van der Waals surface area contributed by atoms with Crippen molar-refractivity contribution in [3.63, 3.8) is 0 Å². The van der Waals surface area contributed by atoms with Crippen molar-refractivity contribution >= 4 is 17.4 Å². The lowest BCUT2D eigenvalue weighted by molar-refractivity contribution is -0.0245. The molecule has 5 nitrogen and oxygen atoms in total. The van der Waals surface area contributed by atoms with Gasteiger partial charge in [0.25, 0.3) is 0 Å². The largest absolute Gasteiger partial charge is 0.465 e. The SMILES string of the molecule is CC(O)(c1nccs1)C1CCC(NC(=O)O)CC1. The lowest BCUT2D eigenvalue weighted by Gasteiger charge is -2.36. The van der Waals surface area contributed by atoms with Gasteiger partial charge in [-0.15, -0.1) is 11.3 Å². The Morgan fingerprint density at radius 1 is 1.50 bits per heavy atom. The molecule has 0 saturated heterocycles. The van der Waals surface area contributed by atoms with Crippen LogP contribution in [0.15, 0.2) is 11.6 Å². The van der Waals surface area contributed by atoms with Crippen LogP contribution in [-0.4, -0.2) is 27.3 Å². The summed E-state index contributed by atoms with van der Waals surface area (Å²) in [6.45, 7) is 1.81. The van der Waals surface area contributed by atoms with Gasteiger partial charge in [-0.1, -0.05) is 0 Å². The van der Waals surface area contributed by atoms with Gasteiger partial charge in [0.1, 0.15) is 10.6 Å². The third-order valence-corrected chi connectivity index (χ3v) is 4.71. The van der Waals surface area contributed by atoms with Crippen molar-refractivity contribution in [3.8, 4) is 0 Å². The first-order chi connectivity index (χ1) is 8.50. The zero-order chi connectivity index (χ0) is 13.2. The van der Waals surface area contributed by atoms with Crippen LogP contribution in [0.25, 0.3) is 0 Å². The van der Waals surface area contributed by atoms with Gasteiger partial charge in [0.05, 0.1) is 0 Å². The summed E-state index contributed by atoms with van der Waals surface area (Å²) in [5, 5.41) is 24.4. The summed E-state index contributed by atoms with van der Waals surface area (Å²) in [5.74, 6) is 0.149. The van der Waals surface area contributed by atoms with Gasteiger partial charge in [-0.3, -0.25) is 0 Å². The first-order valence-electron chi connectivity index (χ1n) is 6.12. The molecular formula is C12H18N2O3S. The van der Waals surface area contributed by atoms with Crippen molar-refractivity contribution in [2.45, 2.75) is 44.2 Å². The van der Waals surface area contributed by atoms with Gasteiger partial charge in [0, 0.05) is 17.6 Å². The van der Waals surface area contributed by atoms with E-state index in [2.05, 4.69) is 10.3 Å². The molecule has 1 unspecified atom stereocenters. The summed E-state index contributed by atoms with van der Waals surface area (Å²) in [6, 6.07) is 0.0193. The highest BCUT2D eigenvalue weighted by Crippen LogP contribution is 2.39. The molecule has 0 radical (unpaired) electrons. The third-order valence-electron chi connectivity index (χ3n) is 3.72. The molecule has 0 aliphatic heterocycles. The maximum absolute atomic E-state index is 10.6.